The lowest BCUT2D eigenvalue weighted by Gasteiger charge is -2.40. The van der Waals surface area contributed by atoms with Gasteiger partial charge in [-0.2, -0.15) is 0 Å². The first-order chi connectivity index (χ1) is 19.0. The fraction of sp³-hybridized carbons (Fsp3) is 0.533. The first-order valence-corrected chi connectivity index (χ1v) is 15.2. The summed E-state index contributed by atoms with van der Waals surface area (Å²) in [7, 11) is 0. The summed E-state index contributed by atoms with van der Waals surface area (Å²) in [6, 6.07) is 11.9. The fourth-order valence-corrected chi connectivity index (χ4v) is 5.97. The normalized spacial score (nSPS) is 15.6. The minimum Gasteiger partial charge on any atom is -0.461 e. The van der Waals surface area contributed by atoms with Crippen LogP contribution in [0.4, 0.5) is 0 Å². The Morgan fingerprint density at radius 3 is 2.51 bits per heavy atom. The molecule has 0 spiro atoms. The van der Waals surface area contributed by atoms with Crippen LogP contribution in [0.5, 0.6) is 0 Å². The molecule has 4 rings (SSSR count). The van der Waals surface area contributed by atoms with E-state index in [9.17, 15) is 9.59 Å². The van der Waals surface area contributed by atoms with E-state index in [1.165, 1.54) is 19.3 Å². The first kappa shape index (κ1) is 28.9. The molecule has 2 amide bonds. The van der Waals surface area contributed by atoms with Crippen LogP contribution >= 0.6 is 11.8 Å². The minimum atomic E-state index is 0.0629. The monoisotopic (exact) mass is 551 g/mol. The van der Waals surface area contributed by atoms with Gasteiger partial charge in [0, 0.05) is 44.3 Å². The highest BCUT2D eigenvalue weighted by molar-refractivity contribution is 7.99. The van der Waals surface area contributed by atoms with Crippen molar-refractivity contribution in [1.82, 2.24) is 24.6 Å². The largest absolute Gasteiger partial charge is 0.461 e. The molecule has 1 fully saturated rings. The van der Waals surface area contributed by atoms with Gasteiger partial charge < -0.3 is 14.2 Å². The molecule has 1 aliphatic rings. The summed E-state index contributed by atoms with van der Waals surface area (Å²) >= 11 is 1.60. The summed E-state index contributed by atoms with van der Waals surface area (Å²) in [6.07, 6.45) is 9.21. The Morgan fingerprint density at radius 2 is 1.77 bits per heavy atom. The number of amides is 2. The molecule has 39 heavy (non-hydrogen) atoms. The maximum absolute atomic E-state index is 13.0. The molecule has 0 bridgehead atoms. The molecule has 1 aromatic carbocycles. The third-order valence-corrected chi connectivity index (χ3v) is 8.31. The highest BCUT2D eigenvalue weighted by atomic mass is 32.2. The molecule has 1 saturated heterocycles. The maximum atomic E-state index is 13.0. The van der Waals surface area contributed by atoms with Crippen LogP contribution in [0.15, 0.2) is 52.2 Å². The van der Waals surface area contributed by atoms with E-state index < -0.39 is 0 Å². The molecule has 0 aliphatic carbocycles. The van der Waals surface area contributed by atoms with Crippen molar-refractivity contribution in [2.45, 2.75) is 83.3 Å². The Kier molecular flexibility index (Phi) is 10.6. The van der Waals surface area contributed by atoms with Crippen LogP contribution in [0, 0.1) is 6.92 Å². The number of piperazine rings is 1. The van der Waals surface area contributed by atoms with Gasteiger partial charge in [0.2, 0.25) is 17.6 Å². The number of aromatic nitrogens is 3. The summed E-state index contributed by atoms with van der Waals surface area (Å²) < 4.78 is 7.65. The Bertz CT molecular complexity index is 1210. The number of carbonyl (C=O) groups excluding carboxylic acids is 2. The van der Waals surface area contributed by atoms with Gasteiger partial charge in [-0.1, -0.05) is 62.6 Å². The van der Waals surface area contributed by atoms with Crippen LogP contribution in [0.2, 0.25) is 0 Å². The zero-order valence-corrected chi connectivity index (χ0v) is 24.3. The number of furan rings is 1. The molecular weight excluding hydrogens is 510 g/mol. The third kappa shape index (κ3) is 7.53. The van der Waals surface area contributed by atoms with Gasteiger partial charge in [0.15, 0.2) is 10.9 Å². The lowest BCUT2D eigenvalue weighted by atomic mass is 10.1. The average molecular weight is 552 g/mol. The fourth-order valence-electron chi connectivity index (χ4n) is 5.08. The van der Waals surface area contributed by atoms with Crippen molar-refractivity contribution in [2.75, 3.05) is 25.4 Å². The highest BCUT2D eigenvalue weighted by Crippen LogP contribution is 2.30. The summed E-state index contributed by atoms with van der Waals surface area (Å²) in [5, 5.41) is 9.64. The van der Waals surface area contributed by atoms with Gasteiger partial charge in [-0.25, -0.2) is 0 Å². The zero-order valence-electron chi connectivity index (χ0n) is 23.5. The van der Waals surface area contributed by atoms with E-state index in [2.05, 4.69) is 43.1 Å². The van der Waals surface area contributed by atoms with E-state index in [1.807, 2.05) is 38.6 Å². The Balaban J connectivity index is 1.26. The zero-order chi connectivity index (χ0) is 27.6. The second-order valence-electron chi connectivity index (χ2n) is 10.3. The molecule has 210 valence electrons. The smallest absolute Gasteiger partial charge is 0.222 e. The maximum Gasteiger partial charge on any atom is 0.222 e. The molecule has 1 aliphatic heterocycles. The lowest BCUT2D eigenvalue weighted by Crippen LogP contribution is -2.55. The molecule has 3 aromatic rings. The Hall–Kier alpha value is -3.07. The standard InChI is InChI=1S/C30H41N5O3S/c1-4-5-6-7-8-16-28(37)34-19-18-33(22-24(34)3)27(36)17-12-21-39-30-32-31-29(26-15-11-20-38-26)35(30)25-14-10-9-13-23(25)2/h9-11,13-15,20,24H,4-8,12,16-19,21-22H2,1-3H3. The second kappa shape index (κ2) is 14.4. The third-order valence-electron chi connectivity index (χ3n) is 7.29. The van der Waals surface area contributed by atoms with Crippen LogP contribution in [-0.2, 0) is 9.59 Å². The van der Waals surface area contributed by atoms with Crippen LogP contribution in [0.1, 0.15) is 70.8 Å². The molecule has 0 N–H and O–H groups in total. The SMILES string of the molecule is CCCCCCCC(=O)N1CCN(C(=O)CCCSc2nnc(-c3ccco3)n2-c2ccccc2C)CC1C. The predicted octanol–water partition coefficient (Wildman–Crippen LogP) is 6.13. The topological polar surface area (TPSA) is 84.5 Å². The summed E-state index contributed by atoms with van der Waals surface area (Å²) in [5.41, 5.74) is 2.13. The van der Waals surface area contributed by atoms with E-state index in [0.29, 0.717) is 44.1 Å². The quantitative estimate of drug-likeness (QED) is 0.188. The van der Waals surface area contributed by atoms with Gasteiger partial charge in [-0.3, -0.25) is 14.2 Å². The van der Waals surface area contributed by atoms with Gasteiger partial charge in [-0.15, -0.1) is 10.2 Å². The number of hydrogen-bond acceptors (Lipinski definition) is 6. The molecule has 8 nitrogen and oxygen atoms in total. The van der Waals surface area contributed by atoms with E-state index >= 15 is 0 Å². The van der Waals surface area contributed by atoms with Gasteiger partial charge >= 0.3 is 0 Å². The Morgan fingerprint density at radius 1 is 0.974 bits per heavy atom. The van der Waals surface area contributed by atoms with Gasteiger partial charge in [0.25, 0.3) is 0 Å². The Labute approximate surface area is 236 Å². The van der Waals surface area contributed by atoms with Crippen LogP contribution in [0.25, 0.3) is 17.3 Å². The molecule has 0 radical (unpaired) electrons. The average Bonchev–Trinajstić information content (AvgIpc) is 3.61. The van der Waals surface area contributed by atoms with E-state index in [-0.39, 0.29) is 17.9 Å². The first-order valence-electron chi connectivity index (χ1n) is 14.2. The molecule has 9 heteroatoms. The van der Waals surface area contributed by atoms with Gasteiger partial charge in [0.05, 0.1) is 12.0 Å². The van der Waals surface area contributed by atoms with Crippen molar-refractivity contribution >= 4 is 23.6 Å². The highest BCUT2D eigenvalue weighted by Gasteiger charge is 2.29. The van der Waals surface area contributed by atoms with Crippen molar-refractivity contribution in [3.63, 3.8) is 0 Å². The van der Waals surface area contributed by atoms with Gasteiger partial charge in [-0.05, 0) is 50.5 Å². The van der Waals surface area contributed by atoms with E-state index in [4.69, 9.17) is 4.42 Å². The van der Waals surface area contributed by atoms with Crippen molar-refractivity contribution < 1.29 is 14.0 Å². The van der Waals surface area contributed by atoms with Crippen LogP contribution < -0.4 is 0 Å². The molecular formula is C30H41N5O3S. The van der Waals surface area contributed by atoms with Gasteiger partial charge in [0.1, 0.15) is 0 Å². The number of para-hydroxylation sites is 1. The molecule has 1 unspecified atom stereocenters. The number of carbonyl (C=O) groups is 2. The molecule has 0 saturated carbocycles. The summed E-state index contributed by atoms with van der Waals surface area (Å²) in [4.78, 5) is 29.5. The predicted molar refractivity (Wildman–Crippen MR) is 155 cm³/mol. The molecule has 2 aromatic heterocycles. The minimum absolute atomic E-state index is 0.0629. The second-order valence-corrected chi connectivity index (χ2v) is 11.4. The number of thioether (sulfide) groups is 1. The van der Waals surface area contributed by atoms with Crippen molar-refractivity contribution in [3.05, 3.63) is 48.2 Å². The van der Waals surface area contributed by atoms with Crippen molar-refractivity contribution in [2.24, 2.45) is 0 Å². The van der Waals surface area contributed by atoms with Crippen LogP contribution in [0.3, 0.4) is 0 Å². The van der Waals surface area contributed by atoms with E-state index in [1.54, 1.807) is 18.0 Å². The number of benzene rings is 1. The molecule has 1 atom stereocenters. The summed E-state index contributed by atoms with van der Waals surface area (Å²) in [6.45, 7) is 8.18. The number of unbranched alkanes of at least 4 members (excludes halogenated alkanes) is 4. The number of aryl methyl sites for hydroxylation is 1. The summed E-state index contributed by atoms with van der Waals surface area (Å²) in [5.74, 6) is 2.46. The van der Waals surface area contributed by atoms with E-state index in [0.717, 1.165) is 41.4 Å². The van der Waals surface area contributed by atoms with Crippen molar-refractivity contribution in [3.8, 4) is 17.3 Å². The molecule has 3 heterocycles. The van der Waals surface area contributed by atoms with Crippen molar-refractivity contribution in [1.29, 1.82) is 0 Å². The number of nitrogens with zero attached hydrogens (tertiary/aromatic N) is 5. The number of hydrogen-bond donors (Lipinski definition) is 0. The van der Waals surface area contributed by atoms with Crippen LogP contribution in [-0.4, -0.2) is 67.8 Å². The number of rotatable bonds is 13. The lowest BCUT2D eigenvalue weighted by molar-refractivity contribution is -0.142.